The van der Waals surface area contributed by atoms with Crippen LogP contribution in [0.2, 0.25) is 0 Å². The molecule has 0 bridgehead atoms. The molecule has 0 radical (unpaired) electrons. The molecule has 0 heterocycles. The summed E-state index contributed by atoms with van der Waals surface area (Å²) in [4.78, 5) is 28.6. The summed E-state index contributed by atoms with van der Waals surface area (Å²) in [5, 5.41) is 0. The molecule has 0 aromatic carbocycles. The Kier molecular flexibility index (Phi) is 7.51. The Balaban J connectivity index is 4.44. The van der Waals surface area contributed by atoms with Gasteiger partial charge in [-0.15, -0.1) is 0 Å². The monoisotopic (exact) mass is 274 g/mol. The minimum atomic E-state index is -4.01. The average molecular weight is 274 g/mol. The van der Waals surface area contributed by atoms with E-state index in [2.05, 4.69) is 0 Å². The van der Waals surface area contributed by atoms with Crippen LogP contribution in [-0.2, 0) is 14.1 Å². The van der Waals surface area contributed by atoms with Crippen molar-refractivity contribution in [3.05, 3.63) is 35.5 Å². The summed E-state index contributed by atoms with van der Waals surface area (Å²) in [5.74, 6) is -0.407. The maximum Gasteiger partial charge on any atom is 0.330 e. The van der Waals surface area contributed by atoms with E-state index in [1.54, 1.807) is 39.0 Å². The van der Waals surface area contributed by atoms with E-state index in [1.165, 1.54) is 6.08 Å². The molecule has 2 N–H and O–H groups in total. The van der Waals surface area contributed by atoms with E-state index in [0.29, 0.717) is 17.8 Å². The first-order valence-electron chi connectivity index (χ1n) is 5.48. The Labute approximate surface area is 107 Å². The Morgan fingerprint density at radius 2 is 1.94 bits per heavy atom. The normalized spacial score (nSPS) is 14.1. The second kappa shape index (κ2) is 8.03. The summed E-state index contributed by atoms with van der Waals surface area (Å²) in [6.07, 6.45) is 5.99. The van der Waals surface area contributed by atoms with Crippen molar-refractivity contribution in [1.29, 1.82) is 0 Å². The molecule has 0 unspecified atom stereocenters. The molecule has 0 aliphatic rings. The summed E-state index contributed by atoms with van der Waals surface area (Å²) in [7, 11) is -4.01. The number of rotatable bonds is 6. The van der Waals surface area contributed by atoms with Crippen LogP contribution in [0.3, 0.4) is 0 Å². The highest BCUT2D eigenvalue weighted by molar-refractivity contribution is 7.52. The number of esters is 1. The van der Waals surface area contributed by atoms with Crippen molar-refractivity contribution in [2.75, 3.05) is 12.8 Å². The molecular weight excluding hydrogens is 255 g/mol. The summed E-state index contributed by atoms with van der Waals surface area (Å²) >= 11 is 0. The smallest absolute Gasteiger partial charge is 0.330 e. The van der Waals surface area contributed by atoms with E-state index >= 15 is 0 Å². The molecular formula is C12H19O5P. The van der Waals surface area contributed by atoms with Crippen LogP contribution in [-0.4, -0.2) is 28.5 Å². The second-order valence-corrected chi connectivity index (χ2v) is 5.48. The van der Waals surface area contributed by atoms with Crippen molar-refractivity contribution in [2.45, 2.75) is 20.8 Å². The van der Waals surface area contributed by atoms with E-state index in [1.807, 2.05) is 0 Å². The minimum Gasteiger partial charge on any atom is -0.463 e. The van der Waals surface area contributed by atoms with Crippen molar-refractivity contribution in [1.82, 2.24) is 0 Å². The first-order valence-corrected chi connectivity index (χ1v) is 7.28. The highest BCUT2D eigenvalue weighted by atomic mass is 31.2. The topological polar surface area (TPSA) is 83.8 Å². The molecule has 0 aliphatic carbocycles. The largest absolute Gasteiger partial charge is 0.463 e. The Morgan fingerprint density at radius 1 is 1.33 bits per heavy atom. The number of allylic oxidation sites excluding steroid dienone is 5. The van der Waals surface area contributed by atoms with Gasteiger partial charge in [-0.25, -0.2) is 4.79 Å². The number of carbonyl (C=O) groups is 1. The zero-order chi connectivity index (χ0) is 14.2. The fourth-order valence-corrected chi connectivity index (χ4v) is 1.91. The molecule has 0 aromatic heterocycles. The minimum absolute atomic E-state index is 0.266. The van der Waals surface area contributed by atoms with Crippen LogP contribution in [0.25, 0.3) is 0 Å². The molecule has 0 aliphatic heterocycles. The summed E-state index contributed by atoms with van der Waals surface area (Å²) < 4.78 is 15.5. The fourth-order valence-electron chi connectivity index (χ4n) is 1.16. The quantitative estimate of drug-likeness (QED) is 0.335. The third-order valence-corrected chi connectivity index (χ3v) is 2.74. The number of ether oxygens (including phenoxy) is 1. The van der Waals surface area contributed by atoms with Gasteiger partial charge in [0.15, 0.2) is 0 Å². The predicted octanol–water partition coefficient (Wildman–Crippen LogP) is 2.18. The molecule has 0 saturated heterocycles. The van der Waals surface area contributed by atoms with Gasteiger partial charge in [0.05, 0.1) is 12.8 Å². The molecule has 0 fully saturated rings. The third-order valence-electron chi connectivity index (χ3n) is 1.83. The van der Waals surface area contributed by atoms with Crippen LogP contribution in [0, 0.1) is 0 Å². The van der Waals surface area contributed by atoms with E-state index in [9.17, 15) is 9.36 Å². The molecule has 0 atom stereocenters. The standard InChI is InChI=1S/C12H19O5P/c1-4-17-12(13)8-10(2)6-5-7-11(3)9-18(14,15)16/h5-8H,4,9H2,1-3H3,(H2,14,15,16)/b6-5+,10-8+,11-7+. The average Bonchev–Trinajstić information content (AvgIpc) is 2.14. The predicted molar refractivity (Wildman–Crippen MR) is 70.2 cm³/mol. The van der Waals surface area contributed by atoms with Crippen molar-refractivity contribution in [3.63, 3.8) is 0 Å². The van der Waals surface area contributed by atoms with Crippen LogP contribution in [0.5, 0.6) is 0 Å². The molecule has 5 nitrogen and oxygen atoms in total. The lowest BCUT2D eigenvalue weighted by atomic mass is 10.2. The van der Waals surface area contributed by atoms with Crippen molar-refractivity contribution < 1.29 is 23.9 Å². The van der Waals surface area contributed by atoms with Gasteiger partial charge in [0.1, 0.15) is 0 Å². The van der Waals surface area contributed by atoms with Gasteiger partial charge in [0, 0.05) is 6.08 Å². The van der Waals surface area contributed by atoms with Crippen LogP contribution < -0.4 is 0 Å². The first kappa shape index (κ1) is 16.8. The number of hydrogen-bond acceptors (Lipinski definition) is 3. The van der Waals surface area contributed by atoms with Gasteiger partial charge in [0.2, 0.25) is 0 Å². The van der Waals surface area contributed by atoms with Gasteiger partial charge in [-0.1, -0.05) is 23.8 Å². The van der Waals surface area contributed by atoms with E-state index in [4.69, 9.17) is 14.5 Å². The molecule has 0 rings (SSSR count). The molecule has 0 spiro atoms. The van der Waals surface area contributed by atoms with Crippen LogP contribution in [0.15, 0.2) is 35.5 Å². The molecule has 102 valence electrons. The Morgan fingerprint density at radius 3 is 2.44 bits per heavy atom. The van der Waals surface area contributed by atoms with Crippen LogP contribution in [0.4, 0.5) is 0 Å². The van der Waals surface area contributed by atoms with Gasteiger partial charge in [-0.05, 0) is 26.3 Å². The van der Waals surface area contributed by atoms with Gasteiger partial charge < -0.3 is 14.5 Å². The van der Waals surface area contributed by atoms with Gasteiger partial charge in [-0.2, -0.15) is 0 Å². The Bertz CT molecular complexity index is 414. The maximum absolute atomic E-state index is 11.1. The molecule has 18 heavy (non-hydrogen) atoms. The van der Waals surface area contributed by atoms with Gasteiger partial charge in [0.25, 0.3) is 0 Å². The molecule has 0 saturated carbocycles. The van der Waals surface area contributed by atoms with Gasteiger partial charge in [-0.3, -0.25) is 4.57 Å². The molecule has 0 amide bonds. The SMILES string of the molecule is CCOC(=O)/C=C(C)/C=C/C=C(\C)CP(=O)(O)O. The van der Waals surface area contributed by atoms with Gasteiger partial charge >= 0.3 is 13.6 Å². The van der Waals surface area contributed by atoms with Crippen molar-refractivity contribution in [2.24, 2.45) is 0 Å². The molecule has 0 aromatic rings. The first-order chi connectivity index (χ1) is 8.24. The lowest BCUT2D eigenvalue weighted by Crippen LogP contribution is -1.99. The lowest BCUT2D eigenvalue weighted by Gasteiger charge is -2.02. The van der Waals surface area contributed by atoms with Crippen LogP contribution in [0.1, 0.15) is 20.8 Å². The lowest BCUT2D eigenvalue weighted by molar-refractivity contribution is -0.137. The number of hydrogen-bond donors (Lipinski definition) is 2. The van der Waals surface area contributed by atoms with E-state index in [-0.39, 0.29) is 6.16 Å². The summed E-state index contributed by atoms with van der Waals surface area (Å²) in [5.41, 5.74) is 1.28. The highest BCUT2D eigenvalue weighted by Gasteiger charge is 2.12. The highest BCUT2D eigenvalue weighted by Crippen LogP contribution is 2.36. The van der Waals surface area contributed by atoms with E-state index < -0.39 is 13.6 Å². The third kappa shape index (κ3) is 10.0. The maximum atomic E-state index is 11.1. The zero-order valence-corrected chi connectivity index (χ0v) is 11.7. The van der Waals surface area contributed by atoms with E-state index in [0.717, 1.165) is 0 Å². The Hall–Kier alpha value is -1.16. The summed E-state index contributed by atoms with van der Waals surface area (Å²) in [6, 6.07) is 0. The second-order valence-electron chi connectivity index (χ2n) is 3.84. The summed E-state index contributed by atoms with van der Waals surface area (Å²) in [6.45, 7) is 5.42. The van der Waals surface area contributed by atoms with Crippen LogP contribution >= 0.6 is 7.60 Å². The van der Waals surface area contributed by atoms with Crippen molar-refractivity contribution in [3.8, 4) is 0 Å². The fraction of sp³-hybridized carbons (Fsp3) is 0.417. The molecule has 6 heteroatoms. The number of carbonyl (C=O) groups excluding carboxylic acids is 1. The van der Waals surface area contributed by atoms with Crippen molar-refractivity contribution >= 4 is 13.6 Å². The zero-order valence-electron chi connectivity index (χ0n) is 10.8.